The highest BCUT2D eigenvalue weighted by molar-refractivity contribution is 7.87. The molecule has 156 valence electrons. The maximum atomic E-state index is 12.6. The third kappa shape index (κ3) is 4.80. The number of aryl methyl sites for hydroxylation is 3. The Morgan fingerprint density at radius 2 is 1.43 bits per heavy atom. The van der Waals surface area contributed by atoms with Gasteiger partial charge in [-0.1, -0.05) is 17.7 Å². The molecule has 0 aliphatic heterocycles. The van der Waals surface area contributed by atoms with Crippen LogP contribution in [0.5, 0.6) is 11.5 Å². The van der Waals surface area contributed by atoms with Gasteiger partial charge in [-0.2, -0.15) is 8.42 Å². The maximum Gasteiger partial charge on any atom is 0.339 e. The molecular formula is C23H23NO5S. The molecule has 0 aliphatic rings. The molecule has 3 aromatic carbocycles. The molecule has 0 spiro atoms. The molecule has 6 nitrogen and oxygen atoms in total. The van der Waals surface area contributed by atoms with E-state index in [0.29, 0.717) is 28.1 Å². The zero-order valence-electron chi connectivity index (χ0n) is 17.2. The Morgan fingerprint density at radius 3 is 1.97 bits per heavy atom. The molecule has 0 unspecified atom stereocenters. The fourth-order valence-corrected chi connectivity index (χ4v) is 4.01. The Labute approximate surface area is 176 Å². The summed E-state index contributed by atoms with van der Waals surface area (Å²) in [7, 11) is -2.40. The summed E-state index contributed by atoms with van der Waals surface area (Å²) in [6.45, 7) is 5.34. The van der Waals surface area contributed by atoms with Crippen LogP contribution in [-0.2, 0) is 10.1 Å². The van der Waals surface area contributed by atoms with E-state index in [1.54, 1.807) is 69.5 Å². The van der Waals surface area contributed by atoms with Crippen molar-refractivity contribution in [3.8, 4) is 11.5 Å². The molecule has 0 radical (unpaired) electrons. The molecule has 1 amide bonds. The average Bonchev–Trinajstić information content (AvgIpc) is 2.71. The molecule has 3 aromatic rings. The van der Waals surface area contributed by atoms with Crippen molar-refractivity contribution >= 4 is 21.7 Å². The first kappa shape index (κ1) is 21.4. The minimum Gasteiger partial charge on any atom is -0.497 e. The van der Waals surface area contributed by atoms with Crippen molar-refractivity contribution in [3.05, 3.63) is 82.9 Å². The monoisotopic (exact) mass is 425 g/mol. The third-order valence-corrected chi connectivity index (χ3v) is 5.81. The van der Waals surface area contributed by atoms with Crippen molar-refractivity contribution < 1.29 is 22.1 Å². The van der Waals surface area contributed by atoms with Gasteiger partial charge in [0.2, 0.25) is 0 Å². The Bertz CT molecular complexity index is 1140. The zero-order valence-corrected chi connectivity index (χ0v) is 18.0. The summed E-state index contributed by atoms with van der Waals surface area (Å²) in [5.41, 5.74) is 3.17. The third-order valence-electron chi connectivity index (χ3n) is 4.57. The molecule has 1 N–H and O–H groups in total. The minimum atomic E-state index is -3.96. The van der Waals surface area contributed by atoms with Gasteiger partial charge in [0.15, 0.2) is 0 Å². The van der Waals surface area contributed by atoms with E-state index in [2.05, 4.69) is 5.32 Å². The van der Waals surface area contributed by atoms with E-state index in [9.17, 15) is 13.2 Å². The number of anilines is 1. The molecule has 0 atom stereocenters. The number of benzene rings is 3. The van der Waals surface area contributed by atoms with Crippen LogP contribution >= 0.6 is 0 Å². The average molecular weight is 426 g/mol. The van der Waals surface area contributed by atoms with E-state index in [1.807, 2.05) is 6.92 Å². The van der Waals surface area contributed by atoms with Crippen LogP contribution in [0.15, 0.2) is 65.6 Å². The second-order valence-corrected chi connectivity index (χ2v) is 8.52. The van der Waals surface area contributed by atoms with Crippen molar-refractivity contribution in [1.29, 1.82) is 0 Å². The quantitative estimate of drug-likeness (QED) is 0.582. The van der Waals surface area contributed by atoms with E-state index in [-0.39, 0.29) is 16.6 Å². The summed E-state index contributed by atoms with van der Waals surface area (Å²) < 4.78 is 35.7. The van der Waals surface area contributed by atoms with Crippen LogP contribution in [0.3, 0.4) is 0 Å². The lowest BCUT2D eigenvalue weighted by Gasteiger charge is -2.15. The van der Waals surface area contributed by atoms with Crippen molar-refractivity contribution in [2.45, 2.75) is 25.7 Å². The largest absolute Gasteiger partial charge is 0.497 e. The predicted molar refractivity (Wildman–Crippen MR) is 116 cm³/mol. The van der Waals surface area contributed by atoms with Gasteiger partial charge in [0.25, 0.3) is 5.91 Å². The van der Waals surface area contributed by atoms with Gasteiger partial charge in [-0.25, -0.2) is 0 Å². The first-order valence-corrected chi connectivity index (χ1v) is 10.7. The van der Waals surface area contributed by atoms with Gasteiger partial charge in [-0.3, -0.25) is 4.79 Å². The zero-order chi connectivity index (χ0) is 21.9. The highest BCUT2D eigenvalue weighted by atomic mass is 32.2. The maximum absolute atomic E-state index is 12.6. The number of ether oxygens (including phenoxy) is 1. The molecule has 0 bridgehead atoms. The molecule has 0 aliphatic carbocycles. The number of methoxy groups -OCH3 is 1. The van der Waals surface area contributed by atoms with Crippen LogP contribution in [0, 0.1) is 20.8 Å². The van der Waals surface area contributed by atoms with Crippen LogP contribution in [0.2, 0.25) is 0 Å². The predicted octanol–water partition coefficient (Wildman–Crippen LogP) is 4.64. The highest BCUT2D eigenvalue weighted by Crippen LogP contribution is 2.30. The molecule has 0 saturated heterocycles. The van der Waals surface area contributed by atoms with Crippen LogP contribution < -0.4 is 14.2 Å². The van der Waals surface area contributed by atoms with E-state index in [1.165, 1.54) is 12.1 Å². The normalized spacial score (nSPS) is 11.1. The first-order valence-electron chi connectivity index (χ1n) is 9.27. The molecular weight excluding hydrogens is 402 g/mol. The van der Waals surface area contributed by atoms with E-state index < -0.39 is 10.1 Å². The van der Waals surface area contributed by atoms with Crippen molar-refractivity contribution in [1.82, 2.24) is 0 Å². The Hall–Kier alpha value is -3.32. The standard InChI is InChI=1S/C23H23NO5S/c1-15-5-11-21(12-6-15)30(26,27)29-22-16(2)13-19(14-17(22)3)24-23(25)18-7-9-20(28-4)10-8-18/h5-14H,1-4H3,(H,24,25). The number of rotatable bonds is 6. The smallest absolute Gasteiger partial charge is 0.339 e. The van der Waals surface area contributed by atoms with Crippen LogP contribution in [0.4, 0.5) is 5.69 Å². The van der Waals surface area contributed by atoms with E-state index in [0.717, 1.165) is 5.56 Å². The Kier molecular flexibility index (Phi) is 6.12. The topological polar surface area (TPSA) is 81.7 Å². The van der Waals surface area contributed by atoms with Gasteiger partial charge in [0.05, 0.1) is 7.11 Å². The Morgan fingerprint density at radius 1 is 0.867 bits per heavy atom. The van der Waals surface area contributed by atoms with Gasteiger partial charge in [0, 0.05) is 11.3 Å². The molecule has 0 heterocycles. The Balaban J connectivity index is 1.81. The summed E-state index contributed by atoms with van der Waals surface area (Å²) in [5, 5.41) is 2.82. The number of hydrogen-bond acceptors (Lipinski definition) is 5. The summed E-state index contributed by atoms with van der Waals surface area (Å²) in [6, 6.07) is 16.6. The van der Waals surface area contributed by atoms with Gasteiger partial charge >= 0.3 is 10.1 Å². The summed E-state index contributed by atoms with van der Waals surface area (Å²) in [4.78, 5) is 12.6. The molecule has 7 heteroatoms. The minimum absolute atomic E-state index is 0.0868. The second-order valence-electron chi connectivity index (χ2n) is 6.97. The number of carbonyl (C=O) groups is 1. The highest BCUT2D eigenvalue weighted by Gasteiger charge is 2.20. The first-order chi connectivity index (χ1) is 14.2. The van der Waals surface area contributed by atoms with Crippen LogP contribution in [0.1, 0.15) is 27.0 Å². The van der Waals surface area contributed by atoms with E-state index >= 15 is 0 Å². The SMILES string of the molecule is COc1ccc(C(=O)Nc2cc(C)c(OS(=O)(=O)c3ccc(C)cc3)c(C)c2)cc1. The van der Waals surface area contributed by atoms with Gasteiger partial charge < -0.3 is 14.2 Å². The number of amides is 1. The molecule has 0 fully saturated rings. The summed E-state index contributed by atoms with van der Waals surface area (Å²) in [6.07, 6.45) is 0. The number of hydrogen-bond donors (Lipinski definition) is 1. The lowest BCUT2D eigenvalue weighted by molar-refractivity contribution is 0.102. The fraction of sp³-hybridized carbons (Fsp3) is 0.174. The lowest BCUT2D eigenvalue weighted by atomic mass is 10.1. The number of carbonyl (C=O) groups excluding carboxylic acids is 1. The van der Waals surface area contributed by atoms with Crippen LogP contribution in [-0.4, -0.2) is 21.4 Å². The molecule has 0 saturated carbocycles. The number of nitrogens with one attached hydrogen (secondary N) is 1. The molecule has 30 heavy (non-hydrogen) atoms. The lowest BCUT2D eigenvalue weighted by Crippen LogP contribution is -2.14. The second kappa shape index (κ2) is 8.59. The van der Waals surface area contributed by atoms with E-state index in [4.69, 9.17) is 8.92 Å². The van der Waals surface area contributed by atoms with Crippen molar-refractivity contribution in [2.24, 2.45) is 0 Å². The van der Waals surface area contributed by atoms with Crippen LogP contribution in [0.25, 0.3) is 0 Å². The van der Waals surface area contributed by atoms with Gasteiger partial charge in [-0.15, -0.1) is 0 Å². The van der Waals surface area contributed by atoms with Crippen molar-refractivity contribution in [3.63, 3.8) is 0 Å². The van der Waals surface area contributed by atoms with Crippen molar-refractivity contribution in [2.75, 3.05) is 12.4 Å². The molecule has 0 aromatic heterocycles. The molecule has 3 rings (SSSR count). The summed E-state index contributed by atoms with van der Waals surface area (Å²) >= 11 is 0. The van der Waals surface area contributed by atoms with Gasteiger partial charge in [0.1, 0.15) is 16.4 Å². The van der Waals surface area contributed by atoms with Gasteiger partial charge in [-0.05, 0) is 80.4 Å². The fourth-order valence-electron chi connectivity index (χ4n) is 2.96. The summed E-state index contributed by atoms with van der Waals surface area (Å²) in [5.74, 6) is 0.630.